The second kappa shape index (κ2) is 7.98. The first-order chi connectivity index (χ1) is 11.4. The van der Waals surface area contributed by atoms with Gasteiger partial charge in [0.15, 0.2) is 5.13 Å². The van der Waals surface area contributed by atoms with Gasteiger partial charge in [-0.1, -0.05) is 11.3 Å². The fraction of sp³-hybridized carbons (Fsp3) is 0.312. The van der Waals surface area contributed by atoms with Crippen molar-refractivity contribution in [2.45, 2.75) is 6.92 Å². The van der Waals surface area contributed by atoms with Gasteiger partial charge in [0.25, 0.3) is 11.8 Å². The van der Waals surface area contributed by atoms with Crippen molar-refractivity contribution in [1.82, 2.24) is 15.2 Å². The predicted molar refractivity (Wildman–Crippen MR) is 92.1 cm³/mol. The van der Waals surface area contributed by atoms with Crippen molar-refractivity contribution >= 4 is 28.3 Å². The van der Waals surface area contributed by atoms with E-state index in [1.54, 1.807) is 6.92 Å². The van der Waals surface area contributed by atoms with E-state index in [0.717, 1.165) is 17.9 Å². The van der Waals surface area contributed by atoms with E-state index in [9.17, 15) is 14.0 Å². The summed E-state index contributed by atoms with van der Waals surface area (Å²) in [5.74, 6) is -1.02. The SMILES string of the molecule is Cc1nc(NC(=O)c2ccc(F)cc2)sc1C(=O)NCCN(C)C. The minimum atomic E-state index is -0.409. The van der Waals surface area contributed by atoms with E-state index in [0.29, 0.717) is 27.8 Å². The first kappa shape index (κ1) is 18.0. The van der Waals surface area contributed by atoms with Crippen LogP contribution in [0.2, 0.25) is 0 Å². The molecule has 1 heterocycles. The zero-order chi connectivity index (χ0) is 17.7. The van der Waals surface area contributed by atoms with E-state index in [1.807, 2.05) is 19.0 Å². The number of anilines is 1. The fourth-order valence-corrected chi connectivity index (χ4v) is 2.78. The lowest BCUT2D eigenvalue weighted by Gasteiger charge is -2.09. The lowest BCUT2D eigenvalue weighted by molar-refractivity contribution is 0.0953. The normalized spacial score (nSPS) is 10.7. The third kappa shape index (κ3) is 4.84. The standard InChI is InChI=1S/C16H19FN4O2S/c1-10-13(15(23)18-8-9-21(2)3)24-16(19-10)20-14(22)11-4-6-12(17)7-5-11/h4-7H,8-9H2,1-3H3,(H,18,23)(H,19,20,22). The second-order valence-corrected chi connectivity index (χ2v) is 6.45. The summed E-state index contributed by atoms with van der Waals surface area (Å²) in [7, 11) is 3.85. The molecule has 2 N–H and O–H groups in total. The maximum absolute atomic E-state index is 12.9. The maximum atomic E-state index is 12.9. The lowest BCUT2D eigenvalue weighted by Crippen LogP contribution is -2.31. The van der Waals surface area contributed by atoms with Crippen molar-refractivity contribution < 1.29 is 14.0 Å². The molecule has 128 valence electrons. The number of halogens is 1. The average molecular weight is 350 g/mol. The van der Waals surface area contributed by atoms with E-state index in [-0.39, 0.29) is 5.91 Å². The predicted octanol–water partition coefficient (Wildman–Crippen LogP) is 2.13. The fourth-order valence-electron chi connectivity index (χ4n) is 1.90. The van der Waals surface area contributed by atoms with Crippen LogP contribution in [-0.2, 0) is 0 Å². The highest BCUT2D eigenvalue weighted by Crippen LogP contribution is 2.23. The minimum Gasteiger partial charge on any atom is -0.350 e. The first-order valence-electron chi connectivity index (χ1n) is 7.34. The third-order valence-corrected chi connectivity index (χ3v) is 4.25. The number of hydrogen-bond acceptors (Lipinski definition) is 5. The Morgan fingerprint density at radius 3 is 2.50 bits per heavy atom. The van der Waals surface area contributed by atoms with Crippen LogP contribution in [0.4, 0.5) is 9.52 Å². The number of rotatable bonds is 6. The second-order valence-electron chi connectivity index (χ2n) is 5.45. The molecule has 6 nitrogen and oxygen atoms in total. The molecule has 0 aliphatic rings. The third-order valence-electron chi connectivity index (χ3n) is 3.17. The molecule has 0 saturated heterocycles. The molecule has 1 aromatic carbocycles. The largest absolute Gasteiger partial charge is 0.350 e. The average Bonchev–Trinajstić information content (AvgIpc) is 2.88. The van der Waals surface area contributed by atoms with Gasteiger partial charge in [-0.3, -0.25) is 14.9 Å². The number of aryl methyl sites for hydroxylation is 1. The summed E-state index contributed by atoms with van der Waals surface area (Å²) in [5, 5.41) is 5.77. The van der Waals surface area contributed by atoms with E-state index >= 15 is 0 Å². The highest BCUT2D eigenvalue weighted by atomic mass is 32.1. The number of amides is 2. The molecule has 0 atom stereocenters. The molecule has 0 bridgehead atoms. The number of thiazole rings is 1. The molecule has 1 aromatic heterocycles. The number of nitrogens with one attached hydrogen (secondary N) is 2. The van der Waals surface area contributed by atoms with Gasteiger partial charge in [-0.15, -0.1) is 0 Å². The molecule has 0 unspecified atom stereocenters. The molecule has 2 rings (SSSR count). The Morgan fingerprint density at radius 1 is 1.21 bits per heavy atom. The van der Waals surface area contributed by atoms with Crippen LogP contribution in [0.25, 0.3) is 0 Å². The quantitative estimate of drug-likeness (QED) is 0.837. The van der Waals surface area contributed by atoms with Crippen LogP contribution in [0, 0.1) is 12.7 Å². The smallest absolute Gasteiger partial charge is 0.263 e. The van der Waals surface area contributed by atoms with E-state index in [2.05, 4.69) is 15.6 Å². The van der Waals surface area contributed by atoms with E-state index in [1.165, 1.54) is 24.3 Å². The van der Waals surface area contributed by atoms with Crippen molar-refractivity contribution in [3.8, 4) is 0 Å². The summed E-state index contributed by atoms with van der Waals surface area (Å²) in [5.41, 5.74) is 0.873. The van der Waals surface area contributed by atoms with Crippen LogP contribution in [0.15, 0.2) is 24.3 Å². The van der Waals surface area contributed by atoms with Gasteiger partial charge in [-0.2, -0.15) is 0 Å². The number of carbonyl (C=O) groups excluding carboxylic acids is 2. The molecule has 2 amide bonds. The molecule has 0 aliphatic heterocycles. The van der Waals surface area contributed by atoms with Crippen LogP contribution < -0.4 is 10.6 Å². The number of benzene rings is 1. The molecule has 24 heavy (non-hydrogen) atoms. The summed E-state index contributed by atoms with van der Waals surface area (Å²) in [4.78, 5) is 30.9. The number of hydrogen-bond donors (Lipinski definition) is 2. The van der Waals surface area contributed by atoms with Crippen molar-refractivity contribution in [2.24, 2.45) is 0 Å². The van der Waals surface area contributed by atoms with Gasteiger partial charge in [0, 0.05) is 18.7 Å². The maximum Gasteiger partial charge on any atom is 0.263 e. The molecule has 0 spiro atoms. The van der Waals surface area contributed by atoms with Crippen LogP contribution >= 0.6 is 11.3 Å². The van der Waals surface area contributed by atoms with Crippen molar-refractivity contribution in [3.63, 3.8) is 0 Å². The highest BCUT2D eigenvalue weighted by Gasteiger charge is 2.17. The zero-order valence-electron chi connectivity index (χ0n) is 13.7. The molecule has 0 radical (unpaired) electrons. The van der Waals surface area contributed by atoms with E-state index < -0.39 is 11.7 Å². The van der Waals surface area contributed by atoms with Gasteiger partial charge < -0.3 is 10.2 Å². The molecule has 0 aliphatic carbocycles. The Morgan fingerprint density at radius 2 is 1.88 bits per heavy atom. The summed E-state index contributed by atoms with van der Waals surface area (Å²) >= 11 is 1.11. The number of likely N-dealkylation sites (N-methyl/N-ethyl adjacent to an activating group) is 1. The Hall–Kier alpha value is -2.32. The molecule has 2 aromatic rings. The van der Waals surface area contributed by atoms with Gasteiger partial charge in [0.05, 0.1) is 5.69 Å². The van der Waals surface area contributed by atoms with Gasteiger partial charge in [-0.25, -0.2) is 9.37 Å². The van der Waals surface area contributed by atoms with E-state index in [4.69, 9.17) is 0 Å². The van der Waals surface area contributed by atoms with Gasteiger partial charge >= 0.3 is 0 Å². The summed E-state index contributed by atoms with van der Waals surface area (Å²) in [6.45, 7) is 2.98. The molecular weight excluding hydrogens is 331 g/mol. The van der Waals surface area contributed by atoms with Crippen molar-refractivity contribution in [1.29, 1.82) is 0 Å². The van der Waals surface area contributed by atoms with Crippen molar-refractivity contribution in [2.75, 3.05) is 32.5 Å². The molecular formula is C16H19FN4O2S. The molecule has 8 heteroatoms. The number of carbonyl (C=O) groups is 2. The molecule has 0 saturated carbocycles. The zero-order valence-corrected chi connectivity index (χ0v) is 14.5. The highest BCUT2D eigenvalue weighted by molar-refractivity contribution is 7.17. The van der Waals surface area contributed by atoms with Gasteiger partial charge in [0.1, 0.15) is 10.7 Å². The Balaban J connectivity index is 2.01. The molecule has 0 fully saturated rings. The summed E-state index contributed by atoms with van der Waals surface area (Å²) in [6.07, 6.45) is 0. The summed E-state index contributed by atoms with van der Waals surface area (Å²) in [6, 6.07) is 5.21. The number of nitrogens with zero attached hydrogens (tertiary/aromatic N) is 2. The van der Waals surface area contributed by atoms with Gasteiger partial charge in [-0.05, 0) is 45.3 Å². The monoisotopic (exact) mass is 350 g/mol. The minimum absolute atomic E-state index is 0.214. The van der Waals surface area contributed by atoms with Crippen LogP contribution in [-0.4, -0.2) is 48.9 Å². The first-order valence-corrected chi connectivity index (χ1v) is 8.15. The Labute approximate surface area is 143 Å². The Kier molecular flexibility index (Phi) is 5.99. The van der Waals surface area contributed by atoms with Crippen molar-refractivity contribution in [3.05, 3.63) is 46.2 Å². The number of aromatic nitrogens is 1. The van der Waals surface area contributed by atoms with Crippen LogP contribution in [0.5, 0.6) is 0 Å². The topological polar surface area (TPSA) is 74.3 Å². The van der Waals surface area contributed by atoms with Crippen LogP contribution in [0.1, 0.15) is 25.7 Å². The summed E-state index contributed by atoms with van der Waals surface area (Å²) < 4.78 is 12.9. The van der Waals surface area contributed by atoms with Gasteiger partial charge in [0.2, 0.25) is 0 Å². The lowest BCUT2D eigenvalue weighted by atomic mass is 10.2. The Bertz CT molecular complexity index is 728. The van der Waals surface area contributed by atoms with Crippen LogP contribution in [0.3, 0.4) is 0 Å².